The van der Waals surface area contributed by atoms with Crippen molar-refractivity contribution in [3.05, 3.63) is 24.3 Å². The lowest BCUT2D eigenvalue weighted by Gasteiger charge is -2.35. The van der Waals surface area contributed by atoms with E-state index in [9.17, 15) is 18.0 Å². The number of methoxy groups -OCH3 is 1. The van der Waals surface area contributed by atoms with E-state index in [1.807, 2.05) is 0 Å². The Balaban J connectivity index is 2.52. The summed E-state index contributed by atoms with van der Waals surface area (Å²) < 4.78 is 27.7. The average molecular weight is 284 g/mol. The van der Waals surface area contributed by atoms with Gasteiger partial charge in [-0.15, -0.1) is 0 Å². The van der Waals surface area contributed by atoms with Crippen molar-refractivity contribution in [3.63, 3.8) is 0 Å². The predicted octanol–water partition coefficient (Wildman–Crippen LogP) is 0.655. The Kier molecular flexibility index (Phi) is 3.09. The van der Waals surface area contributed by atoms with Gasteiger partial charge in [0, 0.05) is 12.8 Å². The number of benzene rings is 1. The molecule has 0 unspecified atom stereocenters. The van der Waals surface area contributed by atoms with Gasteiger partial charge in [0.25, 0.3) is 0 Å². The molecule has 1 N–H and O–H groups in total. The highest BCUT2D eigenvalue weighted by Gasteiger charge is 2.60. The summed E-state index contributed by atoms with van der Waals surface area (Å²) in [6.07, 6.45) is -0.968. The first-order valence-corrected chi connectivity index (χ1v) is 6.95. The number of carbonyl (C=O) groups is 2. The first-order chi connectivity index (χ1) is 8.83. The van der Waals surface area contributed by atoms with Crippen LogP contribution in [-0.4, -0.2) is 37.1 Å². The number of sulfone groups is 1. The molecule has 6 nitrogen and oxygen atoms in total. The molecule has 0 radical (unpaired) electrons. The zero-order valence-corrected chi connectivity index (χ0v) is 10.9. The van der Waals surface area contributed by atoms with Crippen LogP contribution in [0, 0.1) is 0 Å². The number of rotatable bonds is 4. The van der Waals surface area contributed by atoms with E-state index >= 15 is 0 Å². The van der Waals surface area contributed by atoms with Crippen molar-refractivity contribution in [3.8, 4) is 5.75 Å². The summed E-state index contributed by atoms with van der Waals surface area (Å²) >= 11 is 0. The van der Waals surface area contributed by atoms with Gasteiger partial charge in [-0.05, 0) is 18.2 Å². The van der Waals surface area contributed by atoms with Crippen LogP contribution in [0.25, 0.3) is 0 Å². The van der Waals surface area contributed by atoms with Gasteiger partial charge in [-0.1, -0.05) is 6.07 Å². The molecule has 0 spiro atoms. The lowest BCUT2D eigenvalue weighted by atomic mass is 9.83. The fraction of sp³-hybridized carbons (Fsp3) is 0.333. The molecule has 7 heteroatoms. The topological polar surface area (TPSA) is 97.7 Å². The van der Waals surface area contributed by atoms with Crippen LogP contribution in [-0.2, 0) is 19.4 Å². The molecule has 0 amide bonds. The summed E-state index contributed by atoms with van der Waals surface area (Å²) in [7, 11) is -2.75. The molecule has 19 heavy (non-hydrogen) atoms. The number of carboxylic acids is 1. The maximum absolute atomic E-state index is 12.4. The van der Waals surface area contributed by atoms with Gasteiger partial charge in [-0.2, -0.15) is 0 Å². The summed E-state index contributed by atoms with van der Waals surface area (Å²) in [5.41, 5.74) is 0. The summed E-state index contributed by atoms with van der Waals surface area (Å²) in [5, 5.41) is 9.16. The van der Waals surface area contributed by atoms with Crippen LogP contribution in [0.5, 0.6) is 5.75 Å². The van der Waals surface area contributed by atoms with Crippen molar-refractivity contribution in [2.45, 2.75) is 22.5 Å². The van der Waals surface area contributed by atoms with Gasteiger partial charge < -0.3 is 9.84 Å². The zero-order valence-electron chi connectivity index (χ0n) is 10.1. The molecule has 1 aliphatic rings. The Morgan fingerprint density at radius 1 is 1.37 bits per heavy atom. The maximum Gasteiger partial charge on any atom is 0.326 e. The number of aliphatic carboxylic acids is 1. The quantitative estimate of drug-likeness (QED) is 0.872. The van der Waals surface area contributed by atoms with E-state index in [1.165, 1.54) is 25.3 Å². The van der Waals surface area contributed by atoms with Crippen LogP contribution in [0.15, 0.2) is 29.2 Å². The molecule has 0 atom stereocenters. The molecule has 0 heterocycles. The van der Waals surface area contributed by atoms with Crippen LogP contribution in [0.3, 0.4) is 0 Å². The Bertz CT molecular complexity index is 638. The average Bonchev–Trinajstić information content (AvgIpc) is 2.34. The fourth-order valence-electron chi connectivity index (χ4n) is 2.04. The second kappa shape index (κ2) is 4.34. The number of ketones is 1. The number of hydrogen-bond donors (Lipinski definition) is 1. The van der Waals surface area contributed by atoms with Crippen LogP contribution in [0.1, 0.15) is 12.8 Å². The molecule has 102 valence electrons. The molecule has 0 saturated heterocycles. The highest BCUT2D eigenvalue weighted by Crippen LogP contribution is 2.41. The van der Waals surface area contributed by atoms with Gasteiger partial charge in [-0.25, -0.2) is 8.42 Å². The Labute approximate surface area is 109 Å². The van der Waals surface area contributed by atoms with Crippen molar-refractivity contribution < 1.29 is 27.9 Å². The number of carbonyl (C=O) groups excluding carboxylic acids is 1. The van der Waals surface area contributed by atoms with Crippen molar-refractivity contribution >= 4 is 21.6 Å². The zero-order chi connectivity index (χ0) is 14.3. The van der Waals surface area contributed by atoms with Crippen LogP contribution in [0.4, 0.5) is 0 Å². The van der Waals surface area contributed by atoms with Gasteiger partial charge in [0.15, 0.2) is 14.6 Å². The largest absolute Gasteiger partial charge is 0.497 e. The molecule has 2 rings (SSSR count). The van der Waals surface area contributed by atoms with Gasteiger partial charge in [0.1, 0.15) is 11.5 Å². The summed E-state index contributed by atoms with van der Waals surface area (Å²) in [5.74, 6) is -1.55. The number of carboxylic acid groups (broad SMARTS) is 1. The SMILES string of the molecule is COc1cccc(S(=O)(=O)C2(C(=O)O)CC(=O)C2)c1. The summed E-state index contributed by atoms with van der Waals surface area (Å²) in [6.45, 7) is 0. The van der Waals surface area contributed by atoms with Crippen molar-refractivity contribution in [1.29, 1.82) is 0 Å². The molecule has 0 aromatic heterocycles. The Morgan fingerprint density at radius 3 is 2.47 bits per heavy atom. The minimum absolute atomic E-state index is 0.151. The third-order valence-corrected chi connectivity index (χ3v) is 5.59. The molecule has 0 aliphatic heterocycles. The van der Waals surface area contributed by atoms with E-state index in [1.54, 1.807) is 6.07 Å². The minimum Gasteiger partial charge on any atom is -0.497 e. The van der Waals surface area contributed by atoms with E-state index in [-0.39, 0.29) is 10.7 Å². The normalized spacial score (nSPS) is 17.6. The highest BCUT2D eigenvalue weighted by molar-refractivity contribution is 7.93. The first-order valence-electron chi connectivity index (χ1n) is 5.47. The molecule has 0 bridgehead atoms. The van der Waals surface area contributed by atoms with Crippen molar-refractivity contribution in [2.75, 3.05) is 7.11 Å². The van der Waals surface area contributed by atoms with Crippen LogP contribution >= 0.6 is 0 Å². The molecular formula is C12H12O6S. The molecule has 1 aromatic rings. The molecule has 1 aliphatic carbocycles. The van der Waals surface area contributed by atoms with E-state index in [0.717, 1.165) is 0 Å². The van der Waals surface area contributed by atoms with E-state index in [2.05, 4.69) is 0 Å². The van der Waals surface area contributed by atoms with E-state index < -0.39 is 33.4 Å². The van der Waals surface area contributed by atoms with Crippen molar-refractivity contribution in [1.82, 2.24) is 0 Å². The van der Waals surface area contributed by atoms with Gasteiger partial charge >= 0.3 is 5.97 Å². The summed E-state index contributed by atoms with van der Waals surface area (Å²) in [6, 6.07) is 5.56. The van der Waals surface area contributed by atoms with Gasteiger partial charge in [0.2, 0.25) is 0 Å². The highest BCUT2D eigenvalue weighted by atomic mass is 32.2. The van der Waals surface area contributed by atoms with Crippen molar-refractivity contribution in [2.24, 2.45) is 0 Å². The molecule has 1 saturated carbocycles. The number of hydrogen-bond acceptors (Lipinski definition) is 5. The van der Waals surface area contributed by atoms with Crippen LogP contribution < -0.4 is 4.74 Å². The predicted molar refractivity (Wildman–Crippen MR) is 64.8 cm³/mol. The minimum atomic E-state index is -4.13. The second-order valence-corrected chi connectivity index (χ2v) is 6.63. The molecule has 1 fully saturated rings. The Morgan fingerprint density at radius 2 is 2.00 bits per heavy atom. The Hall–Kier alpha value is -1.89. The maximum atomic E-state index is 12.4. The van der Waals surface area contributed by atoms with Crippen LogP contribution in [0.2, 0.25) is 0 Å². The van der Waals surface area contributed by atoms with Gasteiger partial charge in [0.05, 0.1) is 12.0 Å². The van der Waals surface area contributed by atoms with E-state index in [0.29, 0.717) is 5.75 Å². The first kappa shape index (κ1) is 13.5. The second-order valence-electron chi connectivity index (χ2n) is 4.37. The summed E-state index contributed by atoms with van der Waals surface area (Å²) in [4.78, 5) is 22.2. The molecule has 1 aromatic carbocycles. The lowest BCUT2D eigenvalue weighted by Crippen LogP contribution is -2.56. The number of Topliss-reactive ketones (excluding diaryl/α,β-unsaturated/α-hetero) is 1. The van der Waals surface area contributed by atoms with E-state index in [4.69, 9.17) is 9.84 Å². The smallest absolute Gasteiger partial charge is 0.326 e. The third-order valence-electron chi connectivity index (χ3n) is 3.22. The monoisotopic (exact) mass is 284 g/mol. The lowest BCUT2D eigenvalue weighted by molar-refractivity contribution is -0.147. The third kappa shape index (κ3) is 1.90. The van der Waals surface area contributed by atoms with Gasteiger partial charge in [-0.3, -0.25) is 9.59 Å². The molecular weight excluding hydrogens is 272 g/mol. The number of ether oxygens (including phenoxy) is 1. The fourth-order valence-corrected chi connectivity index (χ4v) is 3.95. The standard InChI is InChI=1S/C12H12O6S/c1-18-9-3-2-4-10(5-9)19(16,17)12(11(14)15)6-8(13)7-12/h2-5H,6-7H2,1H3,(H,14,15).